The maximum Gasteiger partial charge on any atom is 0.305 e. The van der Waals surface area contributed by atoms with Gasteiger partial charge in [0.05, 0.1) is 16.6 Å². The maximum absolute atomic E-state index is 13.9. The summed E-state index contributed by atoms with van der Waals surface area (Å²) in [6, 6.07) is 20.1. The quantitative estimate of drug-likeness (QED) is 0.326. The second-order valence-electron chi connectivity index (χ2n) is 8.69. The Bertz CT molecular complexity index is 1570. The first-order valence-electron chi connectivity index (χ1n) is 11.4. The lowest BCUT2D eigenvalue weighted by molar-refractivity contribution is -0.122. The summed E-state index contributed by atoms with van der Waals surface area (Å²) in [7, 11) is 0. The number of hydrogen-bond acceptors (Lipinski definition) is 6. The first-order valence-corrected chi connectivity index (χ1v) is 13.5. The minimum Gasteiger partial charge on any atom is -0.489 e. The molecule has 0 bridgehead atoms. The third kappa shape index (κ3) is 4.27. The summed E-state index contributed by atoms with van der Waals surface area (Å²) < 4.78 is 19.7. The van der Waals surface area contributed by atoms with Crippen molar-refractivity contribution in [2.45, 2.75) is 22.8 Å². The van der Waals surface area contributed by atoms with E-state index in [1.807, 2.05) is 30.3 Å². The number of imide groups is 1. The number of carbonyl (C=O) groups excluding carboxylic acids is 2. The molecule has 10 heteroatoms. The van der Waals surface area contributed by atoms with Crippen LogP contribution in [0.1, 0.15) is 21.9 Å². The van der Waals surface area contributed by atoms with Gasteiger partial charge in [-0.2, -0.15) is 0 Å². The molecule has 3 aromatic carbocycles. The van der Waals surface area contributed by atoms with Crippen molar-refractivity contribution in [3.8, 4) is 5.75 Å². The van der Waals surface area contributed by atoms with Gasteiger partial charge < -0.3 is 9.72 Å². The lowest BCUT2D eigenvalue weighted by Crippen LogP contribution is -2.32. The molecule has 0 unspecified atom stereocenters. The van der Waals surface area contributed by atoms with Crippen LogP contribution in [0, 0.1) is 11.7 Å². The molecule has 37 heavy (non-hydrogen) atoms. The zero-order chi connectivity index (χ0) is 25.7. The van der Waals surface area contributed by atoms with Gasteiger partial charge in [0.15, 0.2) is 0 Å². The molecule has 6 rings (SSSR count). The standard InChI is InChI=1S/C27H18ClFN2O4S2/c28-15-6-11-19(35-13-14-4-2-1-3-5-14)18(12-15)20-21-23(36-24-22(20)37-27(34)30-24)26(33)31(25(21)32)17-9-7-16(29)8-10-17/h1-12,20-21,23H,13H2,(H,30,34)/t20-,21-,23+/m0/s1. The Morgan fingerprint density at radius 3 is 2.49 bits per heavy atom. The van der Waals surface area contributed by atoms with E-state index in [0.717, 1.165) is 21.8 Å². The summed E-state index contributed by atoms with van der Waals surface area (Å²) in [5, 5.41) is 0.215. The molecule has 0 radical (unpaired) electrons. The van der Waals surface area contributed by atoms with Crippen molar-refractivity contribution in [1.82, 2.24) is 4.98 Å². The van der Waals surface area contributed by atoms with E-state index < -0.39 is 34.7 Å². The fourth-order valence-corrected chi connectivity index (χ4v) is 7.51. The average Bonchev–Trinajstić information content (AvgIpc) is 3.39. The fraction of sp³-hybridized carbons (Fsp3) is 0.148. The number of fused-ring (bicyclic) bond motifs is 2. The van der Waals surface area contributed by atoms with Gasteiger partial charge >= 0.3 is 4.87 Å². The van der Waals surface area contributed by atoms with Gasteiger partial charge in [0, 0.05) is 21.4 Å². The molecular weight excluding hydrogens is 535 g/mol. The Hall–Kier alpha value is -3.40. The van der Waals surface area contributed by atoms with Gasteiger partial charge in [0.25, 0.3) is 0 Å². The number of carbonyl (C=O) groups is 2. The third-order valence-corrected chi connectivity index (χ3v) is 9.09. The minimum absolute atomic E-state index is 0.272. The highest BCUT2D eigenvalue weighted by molar-refractivity contribution is 8.00. The third-order valence-electron chi connectivity index (χ3n) is 6.45. The fourth-order valence-electron chi connectivity index (χ4n) is 4.83. The van der Waals surface area contributed by atoms with Gasteiger partial charge in [-0.25, -0.2) is 9.29 Å². The molecule has 2 aliphatic heterocycles. The highest BCUT2D eigenvalue weighted by Crippen LogP contribution is 2.54. The molecule has 2 aliphatic rings. The Labute approximate surface area is 224 Å². The first-order chi connectivity index (χ1) is 17.9. The second kappa shape index (κ2) is 9.48. The van der Waals surface area contributed by atoms with Gasteiger partial charge in [-0.15, -0.1) is 0 Å². The maximum atomic E-state index is 13.9. The zero-order valence-corrected chi connectivity index (χ0v) is 21.4. The lowest BCUT2D eigenvalue weighted by Gasteiger charge is -2.31. The lowest BCUT2D eigenvalue weighted by atomic mass is 9.82. The molecule has 186 valence electrons. The normalized spacial score (nSPS) is 20.6. The number of ether oxygens (including phenoxy) is 1. The number of thioether (sulfide) groups is 1. The van der Waals surface area contributed by atoms with Gasteiger partial charge in [0.1, 0.15) is 23.4 Å². The number of H-pyrrole nitrogens is 1. The molecule has 2 amide bonds. The van der Waals surface area contributed by atoms with Crippen LogP contribution in [0.5, 0.6) is 5.75 Å². The molecule has 0 aliphatic carbocycles. The largest absolute Gasteiger partial charge is 0.489 e. The Kier molecular flexibility index (Phi) is 6.14. The van der Waals surface area contributed by atoms with E-state index in [2.05, 4.69) is 4.98 Å². The molecule has 3 atom stereocenters. The first kappa shape index (κ1) is 24.0. The summed E-state index contributed by atoms with van der Waals surface area (Å²) in [5.74, 6) is -2.24. The molecule has 0 saturated carbocycles. The molecule has 1 fully saturated rings. The van der Waals surface area contributed by atoms with E-state index in [1.54, 1.807) is 18.2 Å². The molecule has 1 saturated heterocycles. The van der Waals surface area contributed by atoms with Crippen LogP contribution in [0.25, 0.3) is 0 Å². The SMILES string of the molecule is O=C1[C@H]2[C@H](c3cc(Cl)ccc3OCc3ccccc3)c3sc(=O)[nH]c3S[C@H]2C(=O)N1c1ccc(F)cc1. The van der Waals surface area contributed by atoms with E-state index in [0.29, 0.717) is 31.9 Å². The topological polar surface area (TPSA) is 79.5 Å². The monoisotopic (exact) mass is 552 g/mol. The summed E-state index contributed by atoms with van der Waals surface area (Å²) in [4.78, 5) is 44.1. The minimum atomic E-state index is -0.806. The van der Waals surface area contributed by atoms with Gasteiger partial charge in [0.2, 0.25) is 11.8 Å². The second-order valence-corrected chi connectivity index (χ2v) is 11.3. The number of amides is 2. The van der Waals surface area contributed by atoms with Crippen molar-refractivity contribution in [2.24, 2.45) is 5.92 Å². The molecule has 3 heterocycles. The number of benzene rings is 3. The number of thiazole rings is 1. The summed E-state index contributed by atoms with van der Waals surface area (Å²) in [6.45, 7) is 0.288. The van der Waals surface area contributed by atoms with Crippen molar-refractivity contribution in [2.75, 3.05) is 4.90 Å². The van der Waals surface area contributed by atoms with Gasteiger partial charge in [-0.1, -0.05) is 65.0 Å². The number of rotatable bonds is 5. The molecule has 4 aromatic rings. The van der Waals surface area contributed by atoms with Crippen LogP contribution in [0.3, 0.4) is 0 Å². The van der Waals surface area contributed by atoms with Crippen LogP contribution < -0.4 is 14.5 Å². The number of anilines is 1. The molecule has 0 spiro atoms. The van der Waals surface area contributed by atoms with Crippen molar-refractivity contribution in [1.29, 1.82) is 0 Å². The smallest absolute Gasteiger partial charge is 0.305 e. The Morgan fingerprint density at radius 1 is 0.973 bits per heavy atom. The summed E-state index contributed by atoms with van der Waals surface area (Å²) in [6.07, 6.45) is 0. The number of nitrogens with one attached hydrogen (secondary N) is 1. The molecule has 1 aromatic heterocycles. The summed E-state index contributed by atoms with van der Waals surface area (Å²) >= 11 is 8.59. The predicted octanol–water partition coefficient (Wildman–Crippen LogP) is 5.60. The molecule has 1 N–H and O–H groups in total. The van der Waals surface area contributed by atoms with E-state index in [9.17, 15) is 18.8 Å². The van der Waals surface area contributed by atoms with Gasteiger partial charge in [-0.05, 0) is 48.0 Å². The number of aromatic amines is 1. The zero-order valence-electron chi connectivity index (χ0n) is 19.0. The Balaban J connectivity index is 1.45. The number of hydrogen-bond donors (Lipinski definition) is 1. The van der Waals surface area contributed by atoms with Crippen LogP contribution >= 0.6 is 34.7 Å². The molecule has 6 nitrogen and oxygen atoms in total. The van der Waals surface area contributed by atoms with E-state index in [-0.39, 0.29) is 11.5 Å². The van der Waals surface area contributed by atoms with Crippen LogP contribution in [-0.2, 0) is 16.2 Å². The highest BCUT2D eigenvalue weighted by atomic mass is 35.5. The average molecular weight is 553 g/mol. The number of nitrogens with zero attached hydrogens (tertiary/aromatic N) is 1. The predicted molar refractivity (Wildman–Crippen MR) is 141 cm³/mol. The van der Waals surface area contributed by atoms with Crippen LogP contribution in [0.15, 0.2) is 82.6 Å². The van der Waals surface area contributed by atoms with E-state index in [1.165, 1.54) is 36.0 Å². The van der Waals surface area contributed by atoms with Crippen molar-refractivity contribution in [3.05, 3.63) is 109 Å². The van der Waals surface area contributed by atoms with Crippen LogP contribution in [0.2, 0.25) is 5.02 Å². The van der Waals surface area contributed by atoms with E-state index >= 15 is 0 Å². The highest BCUT2D eigenvalue weighted by Gasteiger charge is 2.56. The van der Waals surface area contributed by atoms with Crippen LogP contribution in [-0.4, -0.2) is 22.0 Å². The van der Waals surface area contributed by atoms with Crippen LogP contribution in [0.4, 0.5) is 10.1 Å². The van der Waals surface area contributed by atoms with E-state index in [4.69, 9.17) is 16.3 Å². The molecular formula is C27H18ClFN2O4S2. The summed E-state index contributed by atoms with van der Waals surface area (Å²) in [5.41, 5.74) is 1.88. The van der Waals surface area contributed by atoms with Crippen molar-refractivity contribution in [3.63, 3.8) is 0 Å². The number of halogens is 2. The number of aromatic nitrogens is 1. The Morgan fingerprint density at radius 2 is 1.73 bits per heavy atom. The van der Waals surface area contributed by atoms with Crippen molar-refractivity contribution >= 4 is 52.2 Å². The van der Waals surface area contributed by atoms with Crippen molar-refractivity contribution < 1.29 is 18.7 Å². The van der Waals surface area contributed by atoms with Gasteiger partial charge in [-0.3, -0.25) is 14.4 Å².